The van der Waals surface area contributed by atoms with Crippen LogP contribution in [-0.2, 0) is 14.4 Å². The SMILES string of the molecule is CCC(=O)O.CCC(=O)O.CCCC(=O)O. The Morgan fingerprint density at radius 1 is 0.750 bits per heavy atom. The minimum Gasteiger partial charge on any atom is -0.481 e. The third kappa shape index (κ3) is 55.2. The predicted octanol–water partition coefficient (Wildman–Crippen LogP) is 1.83. The molecule has 0 heterocycles. The van der Waals surface area contributed by atoms with Gasteiger partial charge >= 0.3 is 17.9 Å². The number of aliphatic carboxylic acids is 3. The van der Waals surface area contributed by atoms with Gasteiger partial charge in [0.25, 0.3) is 0 Å². The molecule has 0 aromatic heterocycles. The van der Waals surface area contributed by atoms with Gasteiger partial charge in [-0.1, -0.05) is 20.8 Å². The summed E-state index contributed by atoms with van der Waals surface area (Å²) in [6.07, 6.45) is 1.47. The Bertz CT molecular complexity index is 185. The molecule has 0 saturated heterocycles. The highest BCUT2D eigenvalue weighted by atomic mass is 16.4. The van der Waals surface area contributed by atoms with E-state index < -0.39 is 17.9 Å². The number of rotatable bonds is 4. The number of hydrogen-bond donors (Lipinski definition) is 3. The highest BCUT2D eigenvalue weighted by molar-refractivity contribution is 5.66. The van der Waals surface area contributed by atoms with Gasteiger partial charge in [-0.25, -0.2) is 0 Å². The molecule has 0 aromatic rings. The van der Waals surface area contributed by atoms with Gasteiger partial charge in [0.05, 0.1) is 0 Å². The first-order chi connectivity index (χ1) is 7.31. The Morgan fingerprint density at radius 2 is 1.00 bits per heavy atom. The van der Waals surface area contributed by atoms with E-state index in [-0.39, 0.29) is 12.8 Å². The Kier molecular flexibility index (Phi) is 19.7. The summed E-state index contributed by atoms with van der Waals surface area (Å²) in [7, 11) is 0. The van der Waals surface area contributed by atoms with E-state index >= 15 is 0 Å². The Balaban J connectivity index is -0.000000160. The molecule has 96 valence electrons. The summed E-state index contributed by atoms with van der Waals surface area (Å²) in [6, 6.07) is 0. The predicted molar refractivity (Wildman–Crippen MR) is 58.4 cm³/mol. The zero-order valence-corrected chi connectivity index (χ0v) is 9.89. The quantitative estimate of drug-likeness (QED) is 0.686. The molecule has 0 radical (unpaired) electrons. The van der Waals surface area contributed by atoms with Gasteiger partial charge in [-0.2, -0.15) is 0 Å². The monoisotopic (exact) mass is 236 g/mol. The fourth-order valence-electron chi connectivity index (χ4n) is 0.214. The molecular formula is C10H20O6. The van der Waals surface area contributed by atoms with Crippen molar-refractivity contribution in [3.05, 3.63) is 0 Å². The van der Waals surface area contributed by atoms with Crippen LogP contribution in [0.25, 0.3) is 0 Å². The van der Waals surface area contributed by atoms with Crippen molar-refractivity contribution < 1.29 is 29.7 Å². The van der Waals surface area contributed by atoms with E-state index in [0.717, 1.165) is 6.42 Å². The Morgan fingerprint density at radius 3 is 1.00 bits per heavy atom. The number of hydrogen-bond acceptors (Lipinski definition) is 3. The van der Waals surface area contributed by atoms with Gasteiger partial charge in [0.1, 0.15) is 0 Å². The largest absolute Gasteiger partial charge is 0.481 e. The van der Waals surface area contributed by atoms with Gasteiger partial charge in [-0.05, 0) is 6.42 Å². The van der Waals surface area contributed by atoms with E-state index in [1.54, 1.807) is 13.8 Å². The van der Waals surface area contributed by atoms with Gasteiger partial charge in [0, 0.05) is 19.3 Å². The molecule has 0 aliphatic heterocycles. The van der Waals surface area contributed by atoms with E-state index in [1.807, 2.05) is 6.92 Å². The second-order valence-electron chi connectivity index (χ2n) is 2.64. The van der Waals surface area contributed by atoms with Crippen molar-refractivity contribution in [2.75, 3.05) is 0 Å². The number of carboxylic acids is 3. The van der Waals surface area contributed by atoms with Crippen LogP contribution in [0.5, 0.6) is 0 Å². The van der Waals surface area contributed by atoms with Crippen molar-refractivity contribution in [1.29, 1.82) is 0 Å². The fourth-order valence-corrected chi connectivity index (χ4v) is 0.214. The molecule has 16 heavy (non-hydrogen) atoms. The maximum Gasteiger partial charge on any atom is 0.303 e. The van der Waals surface area contributed by atoms with Crippen LogP contribution in [0.2, 0.25) is 0 Å². The molecule has 0 spiro atoms. The summed E-state index contributed by atoms with van der Waals surface area (Å²) in [5.41, 5.74) is 0. The third-order valence-electron chi connectivity index (χ3n) is 1.07. The molecule has 0 aliphatic rings. The molecule has 0 amide bonds. The van der Waals surface area contributed by atoms with Crippen molar-refractivity contribution >= 4 is 17.9 Å². The second-order valence-corrected chi connectivity index (χ2v) is 2.64. The summed E-state index contributed by atoms with van der Waals surface area (Å²) in [6.45, 7) is 5.04. The van der Waals surface area contributed by atoms with Crippen molar-refractivity contribution in [3.8, 4) is 0 Å². The molecule has 0 aliphatic carbocycles. The second kappa shape index (κ2) is 15.9. The Hall–Kier alpha value is -1.59. The average Bonchev–Trinajstić information content (AvgIpc) is 2.19. The summed E-state index contributed by atoms with van der Waals surface area (Å²) in [5, 5.41) is 23.4. The molecule has 0 saturated carbocycles. The highest BCUT2D eigenvalue weighted by Crippen LogP contribution is 1.82. The lowest BCUT2D eigenvalue weighted by Gasteiger charge is -1.79. The molecule has 3 N–H and O–H groups in total. The van der Waals surface area contributed by atoms with Crippen LogP contribution < -0.4 is 0 Å². The summed E-state index contributed by atoms with van der Waals surface area (Å²) < 4.78 is 0. The van der Waals surface area contributed by atoms with E-state index in [1.165, 1.54) is 0 Å². The lowest BCUT2D eigenvalue weighted by Crippen LogP contribution is -1.90. The van der Waals surface area contributed by atoms with Gasteiger partial charge in [0.2, 0.25) is 0 Å². The standard InChI is InChI=1S/C4H8O2.2C3H6O2/c1-2-3-4(5)6;2*1-2-3(4)5/h2-3H2,1H3,(H,5,6);2*2H2,1H3,(H,4,5). The van der Waals surface area contributed by atoms with Crippen molar-refractivity contribution in [1.82, 2.24) is 0 Å². The first kappa shape index (κ1) is 19.9. The van der Waals surface area contributed by atoms with Crippen LogP contribution in [-0.4, -0.2) is 33.2 Å². The maximum absolute atomic E-state index is 9.60. The summed E-state index contributed by atoms with van der Waals surface area (Å²) in [5.74, 6) is -2.20. The van der Waals surface area contributed by atoms with E-state index in [9.17, 15) is 14.4 Å². The van der Waals surface area contributed by atoms with Crippen molar-refractivity contribution in [3.63, 3.8) is 0 Å². The zero-order chi connectivity index (χ0) is 13.6. The van der Waals surface area contributed by atoms with Crippen molar-refractivity contribution in [2.45, 2.75) is 46.5 Å². The maximum atomic E-state index is 9.60. The number of carboxylic acid groups (broad SMARTS) is 3. The summed E-state index contributed by atoms with van der Waals surface area (Å²) in [4.78, 5) is 28.3. The number of carbonyl (C=O) groups is 3. The molecular weight excluding hydrogens is 216 g/mol. The normalized spacial score (nSPS) is 7.69. The summed E-state index contributed by atoms with van der Waals surface area (Å²) >= 11 is 0. The van der Waals surface area contributed by atoms with Crippen LogP contribution in [0.15, 0.2) is 0 Å². The van der Waals surface area contributed by atoms with Crippen molar-refractivity contribution in [2.24, 2.45) is 0 Å². The molecule has 0 rings (SSSR count). The third-order valence-corrected chi connectivity index (χ3v) is 1.07. The molecule has 6 heteroatoms. The van der Waals surface area contributed by atoms with E-state index in [4.69, 9.17) is 15.3 Å². The Labute approximate surface area is 94.9 Å². The lowest BCUT2D eigenvalue weighted by atomic mass is 10.4. The van der Waals surface area contributed by atoms with Crippen LogP contribution in [0.3, 0.4) is 0 Å². The first-order valence-corrected chi connectivity index (χ1v) is 4.97. The topological polar surface area (TPSA) is 112 Å². The molecule has 0 fully saturated rings. The minimum absolute atomic E-state index is 0.222. The van der Waals surface area contributed by atoms with Crippen LogP contribution >= 0.6 is 0 Å². The van der Waals surface area contributed by atoms with Gasteiger partial charge in [-0.15, -0.1) is 0 Å². The van der Waals surface area contributed by atoms with Crippen LogP contribution in [0, 0.1) is 0 Å². The van der Waals surface area contributed by atoms with E-state index in [0.29, 0.717) is 6.42 Å². The zero-order valence-electron chi connectivity index (χ0n) is 9.89. The van der Waals surface area contributed by atoms with Gasteiger partial charge < -0.3 is 15.3 Å². The highest BCUT2D eigenvalue weighted by Gasteiger charge is 1.87. The lowest BCUT2D eigenvalue weighted by molar-refractivity contribution is -0.137. The van der Waals surface area contributed by atoms with Crippen LogP contribution in [0.4, 0.5) is 0 Å². The minimum atomic E-state index is -0.745. The van der Waals surface area contributed by atoms with Gasteiger partial charge in [0.15, 0.2) is 0 Å². The molecule has 0 atom stereocenters. The van der Waals surface area contributed by atoms with E-state index in [2.05, 4.69) is 0 Å². The molecule has 0 aromatic carbocycles. The first-order valence-electron chi connectivity index (χ1n) is 4.97. The molecule has 0 unspecified atom stereocenters. The van der Waals surface area contributed by atoms with Gasteiger partial charge in [-0.3, -0.25) is 14.4 Å². The molecule has 6 nitrogen and oxygen atoms in total. The fraction of sp³-hybridized carbons (Fsp3) is 0.700. The van der Waals surface area contributed by atoms with Crippen LogP contribution in [0.1, 0.15) is 46.5 Å². The smallest absolute Gasteiger partial charge is 0.303 e. The average molecular weight is 236 g/mol. The molecule has 0 bridgehead atoms.